The Morgan fingerprint density at radius 1 is 0.225 bits per heavy atom. The zero-order valence-electron chi connectivity index (χ0n) is 55.0. The van der Waals surface area contributed by atoms with Crippen molar-refractivity contribution in [3.63, 3.8) is 0 Å². The van der Waals surface area contributed by atoms with Gasteiger partial charge >= 0.3 is 0 Å². The van der Waals surface area contributed by atoms with Crippen LogP contribution in [0.5, 0.6) is 0 Å². The normalized spacial score (nSPS) is 29.0. The Hall–Kier alpha value is -3.80. The van der Waals surface area contributed by atoms with Gasteiger partial charge in [0.1, 0.15) is 0 Å². The molecule has 0 saturated carbocycles. The Morgan fingerprint density at radius 2 is 0.375 bits per heavy atom. The highest BCUT2D eigenvalue weighted by Crippen LogP contribution is 2.48. The van der Waals surface area contributed by atoms with Crippen molar-refractivity contribution in [2.24, 2.45) is 0 Å². The lowest BCUT2D eigenvalue weighted by atomic mass is 9.75. The summed E-state index contributed by atoms with van der Waals surface area (Å²) in [7, 11) is 0. The molecule has 8 bridgehead atoms. The monoisotopic (exact) mass is 1080 g/mol. The third kappa shape index (κ3) is 12.8. The topological polar surface area (TPSA) is 48.1 Å². The minimum atomic E-state index is 0.00519. The zero-order valence-corrected chi connectivity index (χ0v) is 55.0. The first-order chi connectivity index (χ1) is 36.6. The van der Waals surface area contributed by atoms with Crippen LogP contribution in [0.4, 0.5) is 0 Å². The van der Waals surface area contributed by atoms with Crippen LogP contribution in [-0.2, 0) is 43.3 Å². The molecule has 5 aliphatic rings. The van der Waals surface area contributed by atoms with Gasteiger partial charge in [0.05, 0.1) is 0 Å². The highest BCUT2D eigenvalue weighted by Gasteiger charge is 2.48. The summed E-state index contributed by atoms with van der Waals surface area (Å²) in [6.45, 7) is 57.7. The molecule has 436 valence electrons. The van der Waals surface area contributed by atoms with Gasteiger partial charge < -0.3 is 21.3 Å². The Kier molecular flexibility index (Phi) is 16.0. The minimum Gasteiger partial charge on any atom is -0.310 e. The maximum atomic E-state index is 4.62. The molecule has 12 atom stereocenters. The summed E-state index contributed by atoms with van der Waals surface area (Å²) in [5.41, 5.74) is 17.4. The third-order valence-corrected chi connectivity index (χ3v) is 19.8. The molecule has 4 heteroatoms. The molecule has 12 unspecified atom stereocenters. The van der Waals surface area contributed by atoms with Gasteiger partial charge in [-0.3, -0.25) is 0 Å². The van der Waals surface area contributed by atoms with E-state index in [4.69, 9.17) is 0 Å². The second-order valence-corrected chi connectivity index (χ2v) is 34.6. The van der Waals surface area contributed by atoms with Crippen LogP contribution in [0.3, 0.4) is 0 Å². The van der Waals surface area contributed by atoms with E-state index in [1.807, 2.05) is 0 Å². The van der Waals surface area contributed by atoms with Gasteiger partial charge in [0, 0.05) is 72.0 Å². The molecule has 3 saturated heterocycles. The molecule has 4 aromatic carbocycles. The average Bonchev–Trinajstić information content (AvgIpc) is 4.17. The molecule has 4 N–H and O–H groups in total. The first-order valence-corrected chi connectivity index (χ1v) is 31.7. The van der Waals surface area contributed by atoms with Crippen molar-refractivity contribution < 1.29 is 0 Å². The SMILES string of the molecule is CC(C)(C)c1cc(C2C3C=CC(N3)C(c3cc(C(C)(C)C)cc(C(C)(C)C)c3)C3CCC(N3)C(c3cc(C(C)(C)C)cc(C(C)(C)C)c3)C3C=CC(N3)C(c3cc(C(C)(C)C)cc(C(C)(C)C)c3)C3CCC2N3)cc(C(C)(C)C)c1. The smallest absolute Gasteiger partial charge is 0.0340 e. The van der Waals surface area contributed by atoms with Gasteiger partial charge in [-0.25, -0.2) is 0 Å². The van der Waals surface area contributed by atoms with E-state index in [1.54, 1.807) is 0 Å². The summed E-state index contributed by atoms with van der Waals surface area (Å²) < 4.78 is 0. The quantitative estimate of drug-likeness (QED) is 0.154. The van der Waals surface area contributed by atoms with Crippen molar-refractivity contribution in [3.8, 4) is 0 Å². The van der Waals surface area contributed by atoms with E-state index in [1.165, 1.54) is 66.8 Å². The van der Waals surface area contributed by atoms with E-state index < -0.39 is 0 Å². The second kappa shape index (κ2) is 21.1. The van der Waals surface area contributed by atoms with Crippen LogP contribution in [0.25, 0.3) is 0 Å². The van der Waals surface area contributed by atoms with E-state index in [0.29, 0.717) is 0 Å². The van der Waals surface area contributed by atoms with Crippen molar-refractivity contribution in [1.29, 1.82) is 0 Å². The molecule has 0 aromatic heterocycles. The van der Waals surface area contributed by atoms with Crippen molar-refractivity contribution in [2.45, 2.75) is 307 Å². The number of hydrogen-bond donors (Lipinski definition) is 4. The summed E-state index contributed by atoms with van der Waals surface area (Å²) >= 11 is 0. The zero-order chi connectivity index (χ0) is 58.8. The molecule has 5 heterocycles. The standard InChI is InChI=1S/C76H112N4/c1-69(2,3)49-33-45(34-50(41-49)70(4,5)6)65-57-25-27-59(77-57)66(46-35-51(71(7,8)9)42-52(36-46)72(10,11)12)61-29-31-63(79-61)68(48-39-55(75(19,20)21)44-56(40-48)76(22,23)24)64-32-30-62(80-64)67(60-28-26-58(65)78-60)47-37-53(73(13,14)15)43-54(38-47)74(16,17)18/h25,27,30,32-44,57-68,77-80H,26,28-29,31H2,1-24H3. The van der Waals surface area contributed by atoms with E-state index >= 15 is 0 Å². The summed E-state index contributed by atoms with van der Waals surface area (Å²) in [6, 6.07) is 32.7. The number of hydrogen-bond acceptors (Lipinski definition) is 4. The molecule has 80 heavy (non-hydrogen) atoms. The molecule has 0 amide bonds. The summed E-state index contributed by atoms with van der Waals surface area (Å²) in [5, 5.41) is 18.4. The van der Waals surface area contributed by atoms with Crippen molar-refractivity contribution in [1.82, 2.24) is 21.3 Å². The molecular formula is C76H112N4. The largest absolute Gasteiger partial charge is 0.310 e. The fraction of sp³-hybridized carbons (Fsp3) is 0.632. The summed E-state index contributed by atoms with van der Waals surface area (Å²) in [6.07, 6.45) is 15.0. The van der Waals surface area contributed by atoms with E-state index in [9.17, 15) is 0 Å². The van der Waals surface area contributed by atoms with Gasteiger partial charge in [-0.05, 0) is 136 Å². The van der Waals surface area contributed by atoms with E-state index in [-0.39, 0.29) is 115 Å². The van der Waals surface area contributed by atoms with Crippen LogP contribution in [0.2, 0.25) is 0 Å². The van der Waals surface area contributed by atoms with Gasteiger partial charge in [-0.15, -0.1) is 0 Å². The molecule has 9 rings (SSSR count). The van der Waals surface area contributed by atoms with Crippen LogP contribution in [0, 0.1) is 0 Å². The summed E-state index contributed by atoms with van der Waals surface area (Å²) in [4.78, 5) is 0. The van der Waals surface area contributed by atoms with E-state index in [0.717, 1.165) is 25.7 Å². The Morgan fingerprint density at radius 3 is 0.512 bits per heavy atom. The van der Waals surface area contributed by atoms with Gasteiger partial charge in [0.2, 0.25) is 0 Å². The molecule has 0 radical (unpaired) electrons. The molecule has 0 aliphatic carbocycles. The van der Waals surface area contributed by atoms with Crippen LogP contribution >= 0.6 is 0 Å². The maximum absolute atomic E-state index is 4.62. The lowest BCUT2D eigenvalue weighted by Crippen LogP contribution is -2.52. The van der Waals surface area contributed by atoms with E-state index in [2.05, 4.69) is 285 Å². The number of fused-ring (bicyclic) bond motifs is 8. The predicted octanol–water partition coefficient (Wildman–Crippen LogP) is 17.5. The van der Waals surface area contributed by atoms with Crippen LogP contribution < -0.4 is 21.3 Å². The first-order valence-electron chi connectivity index (χ1n) is 31.7. The van der Waals surface area contributed by atoms with Crippen molar-refractivity contribution in [3.05, 3.63) is 164 Å². The first kappa shape index (κ1) is 60.8. The number of rotatable bonds is 4. The third-order valence-electron chi connectivity index (χ3n) is 19.8. The van der Waals surface area contributed by atoms with Crippen molar-refractivity contribution in [2.75, 3.05) is 0 Å². The molecule has 3 fully saturated rings. The van der Waals surface area contributed by atoms with Crippen molar-refractivity contribution >= 4 is 0 Å². The Balaban J connectivity index is 1.28. The number of benzene rings is 4. The fourth-order valence-corrected chi connectivity index (χ4v) is 14.4. The highest BCUT2D eigenvalue weighted by molar-refractivity contribution is 5.47. The van der Waals surface area contributed by atoms with Crippen LogP contribution in [0.1, 0.15) is 282 Å². The Bertz CT molecular complexity index is 2420. The lowest BCUT2D eigenvalue weighted by Gasteiger charge is -2.39. The van der Waals surface area contributed by atoms with Gasteiger partial charge in [0.25, 0.3) is 0 Å². The molecule has 0 spiro atoms. The predicted molar refractivity (Wildman–Crippen MR) is 346 cm³/mol. The fourth-order valence-electron chi connectivity index (χ4n) is 14.4. The van der Waals surface area contributed by atoms with Crippen LogP contribution in [-0.4, -0.2) is 48.3 Å². The highest BCUT2D eigenvalue weighted by atomic mass is 15.1. The summed E-state index contributed by atoms with van der Waals surface area (Å²) in [5.74, 6) is 0.876. The van der Waals surface area contributed by atoms with Gasteiger partial charge in [-0.1, -0.05) is 263 Å². The van der Waals surface area contributed by atoms with Gasteiger partial charge in [-0.2, -0.15) is 0 Å². The van der Waals surface area contributed by atoms with Gasteiger partial charge in [0.15, 0.2) is 0 Å². The molecular weight excluding hydrogens is 969 g/mol. The molecule has 4 nitrogen and oxygen atoms in total. The Labute approximate surface area is 489 Å². The average molecular weight is 1080 g/mol. The maximum Gasteiger partial charge on any atom is 0.0340 e. The van der Waals surface area contributed by atoms with Crippen LogP contribution in [0.15, 0.2) is 97.1 Å². The number of nitrogens with one attached hydrogen (secondary N) is 4. The second-order valence-electron chi connectivity index (χ2n) is 34.6. The minimum absolute atomic E-state index is 0.00519. The molecule has 4 aromatic rings. The molecule has 5 aliphatic heterocycles. The lowest BCUT2D eigenvalue weighted by molar-refractivity contribution is 0.316.